The molecule has 0 aliphatic heterocycles. The van der Waals surface area contributed by atoms with Crippen molar-refractivity contribution in [2.75, 3.05) is 17.6 Å². The minimum absolute atomic E-state index is 0.742. The molecule has 1 aliphatic rings. The zero-order valence-corrected chi connectivity index (χ0v) is 9.95. The lowest BCUT2D eigenvalue weighted by Gasteiger charge is -2.27. The first-order valence-electron chi connectivity index (χ1n) is 6.20. The highest BCUT2D eigenvalue weighted by molar-refractivity contribution is 5.60. The first-order valence-corrected chi connectivity index (χ1v) is 6.20. The normalized spacial score (nSPS) is 25.3. The van der Waals surface area contributed by atoms with Crippen LogP contribution in [0, 0.1) is 11.8 Å². The van der Waals surface area contributed by atoms with E-state index in [-0.39, 0.29) is 0 Å². The molecule has 0 amide bonds. The number of hydrogen-bond acceptors (Lipinski definition) is 3. The minimum atomic E-state index is 0.742. The summed E-state index contributed by atoms with van der Waals surface area (Å²) in [6.45, 7) is 3.35. The third-order valence-corrected chi connectivity index (χ3v) is 3.44. The zero-order valence-electron chi connectivity index (χ0n) is 9.95. The van der Waals surface area contributed by atoms with Crippen LogP contribution in [0.3, 0.4) is 0 Å². The van der Waals surface area contributed by atoms with Crippen molar-refractivity contribution in [1.29, 1.82) is 0 Å². The van der Waals surface area contributed by atoms with Gasteiger partial charge in [-0.25, -0.2) is 4.98 Å². The lowest BCUT2D eigenvalue weighted by molar-refractivity contribution is 0.293. The maximum atomic E-state index is 5.84. The number of nitrogen functional groups attached to an aromatic ring is 1. The first-order chi connectivity index (χ1) is 7.75. The summed E-state index contributed by atoms with van der Waals surface area (Å²) in [6, 6.07) is 3.75. The molecule has 1 heterocycles. The SMILES string of the molecule is CC1CCCC(CNc2ncccc2N)C1. The van der Waals surface area contributed by atoms with Gasteiger partial charge in [0, 0.05) is 12.7 Å². The van der Waals surface area contributed by atoms with E-state index in [4.69, 9.17) is 5.73 Å². The van der Waals surface area contributed by atoms with Gasteiger partial charge in [0.15, 0.2) is 0 Å². The third-order valence-electron chi connectivity index (χ3n) is 3.44. The van der Waals surface area contributed by atoms with Crippen LogP contribution < -0.4 is 11.1 Å². The molecule has 3 heteroatoms. The standard InChI is InChI=1S/C13H21N3/c1-10-4-2-5-11(8-10)9-16-13-12(14)6-3-7-15-13/h3,6-7,10-11H,2,4-5,8-9,14H2,1H3,(H,15,16). The summed E-state index contributed by atoms with van der Waals surface area (Å²) in [7, 11) is 0. The third kappa shape index (κ3) is 2.87. The summed E-state index contributed by atoms with van der Waals surface area (Å²) >= 11 is 0. The molecule has 88 valence electrons. The van der Waals surface area contributed by atoms with Crippen LogP contribution in [0.15, 0.2) is 18.3 Å². The number of hydrogen-bond donors (Lipinski definition) is 2. The average Bonchev–Trinajstić information content (AvgIpc) is 2.28. The molecule has 3 nitrogen and oxygen atoms in total. The Morgan fingerprint density at radius 3 is 3.12 bits per heavy atom. The molecule has 0 saturated heterocycles. The van der Waals surface area contributed by atoms with E-state index in [1.807, 2.05) is 12.1 Å². The smallest absolute Gasteiger partial charge is 0.149 e. The lowest BCUT2D eigenvalue weighted by atomic mass is 9.82. The fourth-order valence-corrected chi connectivity index (χ4v) is 2.55. The highest BCUT2D eigenvalue weighted by Gasteiger charge is 2.18. The Kier molecular flexibility index (Phi) is 3.65. The van der Waals surface area contributed by atoms with E-state index in [1.54, 1.807) is 6.20 Å². The van der Waals surface area contributed by atoms with E-state index in [0.29, 0.717) is 0 Å². The largest absolute Gasteiger partial charge is 0.396 e. The molecule has 1 aromatic heterocycles. The molecule has 16 heavy (non-hydrogen) atoms. The monoisotopic (exact) mass is 219 g/mol. The molecule has 2 unspecified atom stereocenters. The van der Waals surface area contributed by atoms with Crippen LogP contribution in [0.2, 0.25) is 0 Å². The maximum Gasteiger partial charge on any atom is 0.149 e. The summed E-state index contributed by atoms with van der Waals surface area (Å²) in [5.41, 5.74) is 6.58. The molecular weight excluding hydrogens is 198 g/mol. The van der Waals surface area contributed by atoms with E-state index in [2.05, 4.69) is 17.2 Å². The Morgan fingerprint density at radius 1 is 1.50 bits per heavy atom. The predicted octanol–water partition coefficient (Wildman–Crippen LogP) is 2.90. The Hall–Kier alpha value is -1.25. The number of nitrogens with two attached hydrogens (primary N) is 1. The molecule has 0 bridgehead atoms. The fourth-order valence-electron chi connectivity index (χ4n) is 2.55. The van der Waals surface area contributed by atoms with Gasteiger partial charge in [0.05, 0.1) is 5.69 Å². The molecule has 0 spiro atoms. The van der Waals surface area contributed by atoms with E-state index >= 15 is 0 Å². The first kappa shape index (κ1) is 11.2. The molecule has 0 radical (unpaired) electrons. The van der Waals surface area contributed by atoms with Crippen molar-refractivity contribution >= 4 is 11.5 Å². The number of aromatic nitrogens is 1. The van der Waals surface area contributed by atoms with Gasteiger partial charge in [0.1, 0.15) is 5.82 Å². The molecule has 2 atom stereocenters. The average molecular weight is 219 g/mol. The van der Waals surface area contributed by atoms with Gasteiger partial charge in [0.25, 0.3) is 0 Å². The Labute approximate surface area is 97.5 Å². The van der Waals surface area contributed by atoms with Crippen LogP contribution in [0.25, 0.3) is 0 Å². The summed E-state index contributed by atoms with van der Waals surface area (Å²) < 4.78 is 0. The molecule has 1 aromatic rings. The highest BCUT2D eigenvalue weighted by Crippen LogP contribution is 2.28. The second kappa shape index (κ2) is 5.19. The van der Waals surface area contributed by atoms with Gasteiger partial charge < -0.3 is 11.1 Å². The quantitative estimate of drug-likeness (QED) is 0.821. The number of nitrogens with zero attached hydrogens (tertiary/aromatic N) is 1. The van der Waals surface area contributed by atoms with Crippen LogP contribution in [0.5, 0.6) is 0 Å². The van der Waals surface area contributed by atoms with Crippen LogP contribution in [0.4, 0.5) is 11.5 Å². The summed E-state index contributed by atoms with van der Waals surface area (Å²) in [5, 5.41) is 3.37. The minimum Gasteiger partial charge on any atom is -0.396 e. The lowest BCUT2D eigenvalue weighted by Crippen LogP contribution is -2.21. The van der Waals surface area contributed by atoms with Crippen molar-refractivity contribution < 1.29 is 0 Å². The van der Waals surface area contributed by atoms with Crippen LogP contribution >= 0.6 is 0 Å². The van der Waals surface area contributed by atoms with Crippen molar-refractivity contribution in [3.05, 3.63) is 18.3 Å². The summed E-state index contributed by atoms with van der Waals surface area (Å²) in [4.78, 5) is 4.25. The molecular formula is C13H21N3. The second-order valence-electron chi connectivity index (χ2n) is 4.96. The van der Waals surface area contributed by atoms with E-state index in [1.165, 1.54) is 25.7 Å². The van der Waals surface area contributed by atoms with Crippen molar-refractivity contribution in [2.24, 2.45) is 11.8 Å². The molecule has 1 saturated carbocycles. The summed E-state index contributed by atoms with van der Waals surface area (Å²) in [5.74, 6) is 2.49. The van der Waals surface area contributed by atoms with Crippen molar-refractivity contribution in [3.8, 4) is 0 Å². The number of rotatable bonds is 3. The molecule has 3 N–H and O–H groups in total. The number of nitrogens with one attached hydrogen (secondary N) is 1. The topological polar surface area (TPSA) is 50.9 Å². The van der Waals surface area contributed by atoms with E-state index < -0.39 is 0 Å². The Balaban J connectivity index is 1.85. The van der Waals surface area contributed by atoms with Gasteiger partial charge in [0.2, 0.25) is 0 Å². The van der Waals surface area contributed by atoms with Crippen LogP contribution in [-0.2, 0) is 0 Å². The molecule has 1 fully saturated rings. The maximum absolute atomic E-state index is 5.84. The Bertz CT molecular complexity index is 338. The number of anilines is 2. The van der Waals surface area contributed by atoms with Gasteiger partial charge in [-0.2, -0.15) is 0 Å². The van der Waals surface area contributed by atoms with Crippen molar-refractivity contribution in [3.63, 3.8) is 0 Å². The van der Waals surface area contributed by atoms with Gasteiger partial charge >= 0.3 is 0 Å². The van der Waals surface area contributed by atoms with Gasteiger partial charge in [-0.1, -0.05) is 19.8 Å². The summed E-state index contributed by atoms with van der Waals surface area (Å²) in [6.07, 6.45) is 7.21. The van der Waals surface area contributed by atoms with Crippen molar-refractivity contribution in [2.45, 2.75) is 32.6 Å². The van der Waals surface area contributed by atoms with E-state index in [0.717, 1.165) is 29.9 Å². The Morgan fingerprint density at radius 2 is 2.38 bits per heavy atom. The molecule has 1 aliphatic carbocycles. The predicted molar refractivity (Wildman–Crippen MR) is 68.3 cm³/mol. The second-order valence-corrected chi connectivity index (χ2v) is 4.96. The van der Waals surface area contributed by atoms with Gasteiger partial charge in [-0.15, -0.1) is 0 Å². The highest BCUT2D eigenvalue weighted by atomic mass is 15.0. The van der Waals surface area contributed by atoms with Crippen LogP contribution in [-0.4, -0.2) is 11.5 Å². The van der Waals surface area contributed by atoms with Crippen LogP contribution in [0.1, 0.15) is 32.6 Å². The molecule has 2 rings (SSSR count). The molecule has 0 aromatic carbocycles. The van der Waals surface area contributed by atoms with Crippen molar-refractivity contribution in [1.82, 2.24) is 4.98 Å². The van der Waals surface area contributed by atoms with Gasteiger partial charge in [-0.3, -0.25) is 0 Å². The fraction of sp³-hybridized carbons (Fsp3) is 0.615. The van der Waals surface area contributed by atoms with Gasteiger partial charge in [-0.05, 0) is 36.8 Å². The zero-order chi connectivity index (χ0) is 11.4. The number of pyridine rings is 1. The van der Waals surface area contributed by atoms with E-state index in [9.17, 15) is 0 Å².